The van der Waals surface area contributed by atoms with E-state index < -0.39 is 0 Å². The van der Waals surface area contributed by atoms with Crippen molar-refractivity contribution in [1.82, 2.24) is 4.98 Å². The Hall–Kier alpha value is -1.32. The van der Waals surface area contributed by atoms with Gasteiger partial charge in [-0.15, -0.1) is 0 Å². The molecule has 9 heavy (non-hydrogen) atoms. The lowest BCUT2D eigenvalue weighted by Crippen LogP contribution is -2.27. The van der Waals surface area contributed by atoms with Crippen LogP contribution in [0.1, 0.15) is 0 Å². The van der Waals surface area contributed by atoms with Crippen LogP contribution in [0.4, 0.5) is 0 Å². The molecule has 0 aliphatic rings. The third-order valence-electron chi connectivity index (χ3n) is 0.901. The van der Waals surface area contributed by atoms with Crippen LogP contribution in [0.15, 0.2) is 18.6 Å². The van der Waals surface area contributed by atoms with E-state index in [2.05, 4.69) is 9.72 Å². The second-order valence-electron chi connectivity index (χ2n) is 1.45. The van der Waals surface area contributed by atoms with Gasteiger partial charge in [-0.05, 0) is 0 Å². The average molecular weight is 126 g/mol. The van der Waals surface area contributed by atoms with Crippen molar-refractivity contribution < 1.29 is 9.47 Å². The summed E-state index contributed by atoms with van der Waals surface area (Å²) in [4.78, 5) is 3.56. The summed E-state index contributed by atoms with van der Waals surface area (Å²) in [5.41, 5.74) is 0. The van der Waals surface area contributed by atoms with Gasteiger partial charge >= 0.3 is 0 Å². The van der Waals surface area contributed by atoms with Gasteiger partial charge in [0.2, 0.25) is 0 Å². The molecule has 4 heteroatoms. The van der Waals surface area contributed by atoms with Gasteiger partial charge in [-0.1, -0.05) is 4.98 Å². The fourth-order valence-corrected chi connectivity index (χ4v) is 0.494. The Balaban J connectivity index is 3.01. The highest BCUT2D eigenvalue weighted by Crippen LogP contribution is 1.95. The van der Waals surface area contributed by atoms with Crippen molar-refractivity contribution in [3.8, 4) is 5.88 Å². The molecule has 0 spiro atoms. The summed E-state index contributed by atoms with van der Waals surface area (Å²) in [6, 6.07) is 1.49. The Morgan fingerprint density at radius 3 is 3.00 bits per heavy atom. The SMILES string of the molecule is COc1ccnc[n+]1[O-]. The van der Waals surface area contributed by atoms with Gasteiger partial charge in [-0.2, -0.15) is 0 Å². The minimum absolute atomic E-state index is 0.255. The Kier molecular flexibility index (Phi) is 1.48. The van der Waals surface area contributed by atoms with E-state index in [4.69, 9.17) is 0 Å². The molecule has 0 N–H and O–H groups in total. The lowest BCUT2D eigenvalue weighted by Gasteiger charge is -2.02. The Morgan fingerprint density at radius 1 is 1.78 bits per heavy atom. The van der Waals surface area contributed by atoms with Crippen molar-refractivity contribution in [3.63, 3.8) is 0 Å². The minimum atomic E-state index is 0.255. The van der Waals surface area contributed by atoms with Crippen LogP contribution in [0.2, 0.25) is 0 Å². The van der Waals surface area contributed by atoms with Crippen LogP contribution >= 0.6 is 0 Å². The number of hydrogen-bond acceptors (Lipinski definition) is 3. The zero-order valence-corrected chi connectivity index (χ0v) is 4.94. The zero-order valence-electron chi connectivity index (χ0n) is 4.94. The van der Waals surface area contributed by atoms with Crippen LogP contribution in [0.5, 0.6) is 5.88 Å². The topological polar surface area (TPSA) is 49.1 Å². The largest absolute Gasteiger partial charge is 0.708 e. The van der Waals surface area contributed by atoms with Gasteiger partial charge < -0.3 is 9.94 Å². The Morgan fingerprint density at radius 2 is 2.56 bits per heavy atom. The minimum Gasteiger partial charge on any atom is -0.708 e. The summed E-state index contributed by atoms with van der Waals surface area (Å²) >= 11 is 0. The highest BCUT2D eigenvalue weighted by atomic mass is 16.5. The molecule has 0 unspecified atom stereocenters. The van der Waals surface area contributed by atoms with Crippen molar-refractivity contribution in [2.45, 2.75) is 0 Å². The molecule has 0 saturated carbocycles. The van der Waals surface area contributed by atoms with Crippen LogP contribution < -0.4 is 9.47 Å². The first-order chi connectivity index (χ1) is 4.34. The number of methoxy groups -OCH3 is 1. The van der Waals surface area contributed by atoms with Crippen molar-refractivity contribution in [3.05, 3.63) is 23.8 Å². The summed E-state index contributed by atoms with van der Waals surface area (Å²) in [5, 5.41) is 10.6. The van der Waals surface area contributed by atoms with Crippen LogP contribution in [0, 0.1) is 5.21 Å². The molecule has 0 radical (unpaired) electrons. The Bertz CT molecular complexity index is 202. The van der Waals surface area contributed by atoms with E-state index >= 15 is 0 Å². The maximum absolute atomic E-state index is 10.6. The molecule has 0 aromatic carbocycles. The predicted octanol–water partition coefficient (Wildman–Crippen LogP) is -0.276. The van der Waals surface area contributed by atoms with E-state index in [0.29, 0.717) is 4.73 Å². The fraction of sp³-hybridized carbons (Fsp3) is 0.200. The number of rotatable bonds is 1. The van der Waals surface area contributed by atoms with E-state index in [1.54, 1.807) is 0 Å². The van der Waals surface area contributed by atoms with Gasteiger partial charge in [-0.25, -0.2) is 4.73 Å². The molecule has 0 amide bonds. The van der Waals surface area contributed by atoms with E-state index in [0.717, 1.165) is 6.33 Å². The highest BCUT2D eigenvalue weighted by molar-refractivity contribution is 4.96. The third kappa shape index (κ3) is 1.07. The van der Waals surface area contributed by atoms with Crippen molar-refractivity contribution in [1.29, 1.82) is 0 Å². The van der Waals surface area contributed by atoms with Crippen molar-refractivity contribution >= 4 is 0 Å². The third-order valence-corrected chi connectivity index (χ3v) is 0.901. The molecular weight excluding hydrogens is 120 g/mol. The highest BCUT2D eigenvalue weighted by Gasteiger charge is 1.95. The van der Waals surface area contributed by atoms with Gasteiger partial charge in [0.1, 0.15) is 6.20 Å². The van der Waals surface area contributed by atoms with Crippen molar-refractivity contribution in [2.75, 3.05) is 7.11 Å². The molecule has 4 nitrogen and oxygen atoms in total. The molecule has 1 rings (SSSR count). The summed E-state index contributed by atoms with van der Waals surface area (Å²) in [6.45, 7) is 0. The summed E-state index contributed by atoms with van der Waals surface area (Å²) < 4.78 is 5.21. The monoisotopic (exact) mass is 126 g/mol. The molecule has 0 fully saturated rings. The van der Waals surface area contributed by atoms with E-state index in [-0.39, 0.29) is 5.88 Å². The first kappa shape index (κ1) is 5.81. The fourth-order valence-electron chi connectivity index (χ4n) is 0.494. The first-order valence-corrected chi connectivity index (χ1v) is 2.42. The molecular formula is C5H6N2O2. The average Bonchev–Trinajstić information content (AvgIpc) is 1.89. The van der Waals surface area contributed by atoms with Crippen LogP contribution in [0.25, 0.3) is 0 Å². The van der Waals surface area contributed by atoms with Crippen molar-refractivity contribution in [2.24, 2.45) is 0 Å². The predicted molar refractivity (Wildman–Crippen MR) is 29.7 cm³/mol. The van der Waals surface area contributed by atoms with Gasteiger partial charge in [0.05, 0.1) is 13.2 Å². The zero-order chi connectivity index (χ0) is 6.69. The van der Waals surface area contributed by atoms with Gasteiger partial charge in [0, 0.05) is 0 Å². The number of aromatic nitrogens is 2. The summed E-state index contributed by atoms with van der Waals surface area (Å²) in [5.74, 6) is 0.255. The second-order valence-corrected chi connectivity index (χ2v) is 1.45. The molecule has 1 aromatic heterocycles. The standard InChI is InChI=1S/C5H6N2O2/c1-9-5-2-3-6-4-7(5)8/h2-4H,1H3. The second kappa shape index (κ2) is 2.30. The van der Waals surface area contributed by atoms with E-state index in [1.165, 1.54) is 19.4 Å². The van der Waals surface area contributed by atoms with Gasteiger partial charge in [0.25, 0.3) is 12.2 Å². The molecule has 0 saturated heterocycles. The van der Waals surface area contributed by atoms with Crippen LogP contribution in [0.3, 0.4) is 0 Å². The van der Waals surface area contributed by atoms with E-state index in [9.17, 15) is 5.21 Å². The molecule has 0 aliphatic heterocycles. The molecule has 0 atom stereocenters. The maximum atomic E-state index is 10.6. The van der Waals surface area contributed by atoms with Gasteiger partial charge in [-0.3, -0.25) is 0 Å². The van der Waals surface area contributed by atoms with Gasteiger partial charge in [0.15, 0.2) is 0 Å². The number of nitrogens with zero attached hydrogens (tertiary/aromatic N) is 2. The summed E-state index contributed by atoms with van der Waals surface area (Å²) in [7, 11) is 1.43. The van der Waals surface area contributed by atoms with E-state index in [1.807, 2.05) is 0 Å². The number of hydrogen-bond donors (Lipinski definition) is 0. The lowest BCUT2D eigenvalue weighted by molar-refractivity contribution is -0.615. The van der Waals surface area contributed by atoms with Crippen LogP contribution in [-0.4, -0.2) is 12.1 Å². The molecule has 0 bridgehead atoms. The quantitative estimate of drug-likeness (QED) is 0.384. The lowest BCUT2D eigenvalue weighted by atomic mass is 10.6. The normalized spacial score (nSPS) is 9.00. The Labute approximate surface area is 52.3 Å². The maximum Gasteiger partial charge on any atom is 0.291 e. The number of ether oxygens (including phenoxy) is 1. The van der Waals surface area contributed by atoms with Crippen LogP contribution in [-0.2, 0) is 0 Å². The summed E-state index contributed by atoms with van der Waals surface area (Å²) in [6.07, 6.45) is 2.63. The molecule has 0 aliphatic carbocycles. The molecule has 1 heterocycles. The molecule has 48 valence electrons. The molecule has 1 aromatic rings. The first-order valence-electron chi connectivity index (χ1n) is 2.42. The smallest absolute Gasteiger partial charge is 0.291 e.